The molecule has 138 valence electrons. The Kier molecular flexibility index (Phi) is 4.35. The third-order valence-corrected chi connectivity index (χ3v) is 4.67. The average molecular weight is 367 g/mol. The van der Waals surface area contributed by atoms with E-state index in [1.807, 2.05) is 6.92 Å². The SMILES string of the molecule is CC1CNC(=O)CCN1C(=O)c1ccc2oc(-c3cccc(F)c3)nc2c1. The lowest BCUT2D eigenvalue weighted by Gasteiger charge is -2.26. The van der Waals surface area contributed by atoms with Gasteiger partial charge in [-0.3, -0.25) is 9.59 Å². The molecule has 2 heterocycles. The van der Waals surface area contributed by atoms with E-state index in [4.69, 9.17) is 4.42 Å². The van der Waals surface area contributed by atoms with Gasteiger partial charge in [-0.1, -0.05) is 6.07 Å². The lowest BCUT2D eigenvalue weighted by Crippen LogP contribution is -2.41. The van der Waals surface area contributed by atoms with Gasteiger partial charge in [-0.25, -0.2) is 9.37 Å². The van der Waals surface area contributed by atoms with E-state index in [0.29, 0.717) is 41.2 Å². The molecular weight excluding hydrogens is 349 g/mol. The zero-order chi connectivity index (χ0) is 19.0. The fourth-order valence-electron chi connectivity index (χ4n) is 3.18. The van der Waals surface area contributed by atoms with E-state index in [9.17, 15) is 14.0 Å². The Bertz CT molecular complexity index is 1030. The van der Waals surface area contributed by atoms with Crippen LogP contribution in [0.5, 0.6) is 0 Å². The molecule has 1 saturated heterocycles. The molecule has 1 unspecified atom stereocenters. The predicted octanol–water partition coefficient (Wildman–Crippen LogP) is 2.98. The third kappa shape index (κ3) is 3.40. The average Bonchev–Trinajstić information content (AvgIpc) is 3.02. The first-order valence-corrected chi connectivity index (χ1v) is 8.75. The first-order valence-electron chi connectivity index (χ1n) is 8.75. The Morgan fingerprint density at radius 2 is 2.15 bits per heavy atom. The molecule has 1 aliphatic heterocycles. The van der Waals surface area contributed by atoms with Crippen LogP contribution in [0.1, 0.15) is 23.7 Å². The highest BCUT2D eigenvalue weighted by molar-refractivity contribution is 5.98. The number of hydrogen-bond acceptors (Lipinski definition) is 4. The van der Waals surface area contributed by atoms with E-state index in [2.05, 4.69) is 10.3 Å². The van der Waals surface area contributed by atoms with Crippen LogP contribution in [-0.4, -0.2) is 40.8 Å². The molecule has 6 nitrogen and oxygen atoms in total. The number of fused-ring (bicyclic) bond motifs is 1. The maximum Gasteiger partial charge on any atom is 0.254 e. The fourth-order valence-corrected chi connectivity index (χ4v) is 3.18. The van der Waals surface area contributed by atoms with Gasteiger partial charge in [0.2, 0.25) is 11.8 Å². The first-order chi connectivity index (χ1) is 13.0. The Morgan fingerprint density at radius 1 is 1.30 bits per heavy atom. The molecule has 1 N–H and O–H groups in total. The fraction of sp³-hybridized carbons (Fsp3) is 0.250. The minimum absolute atomic E-state index is 0.0520. The number of amides is 2. The largest absolute Gasteiger partial charge is 0.436 e. The van der Waals surface area contributed by atoms with Crippen LogP contribution in [0, 0.1) is 5.82 Å². The Morgan fingerprint density at radius 3 is 2.96 bits per heavy atom. The van der Waals surface area contributed by atoms with Gasteiger partial charge in [0.25, 0.3) is 5.91 Å². The maximum absolute atomic E-state index is 13.4. The number of carbonyl (C=O) groups is 2. The molecule has 7 heteroatoms. The van der Waals surface area contributed by atoms with Gasteiger partial charge in [0, 0.05) is 36.7 Å². The van der Waals surface area contributed by atoms with Crippen molar-refractivity contribution in [3.63, 3.8) is 0 Å². The molecule has 27 heavy (non-hydrogen) atoms. The van der Waals surface area contributed by atoms with Crippen LogP contribution in [0.15, 0.2) is 46.9 Å². The summed E-state index contributed by atoms with van der Waals surface area (Å²) in [6, 6.07) is 10.9. The van der Waals surface area contributed by atoms with Crippen molar-refractivity contribution in [2.75, 3.05) is 13.1 Å². The number of nitrogens with one attached hydrogen (secondary N) is 1. The van der Waals surface area contributed by atoms with Crippen LogP contribution in [0.25, 0.3) is 22.6 Å². The number of nitrogens with zero attached hydrogens (tertiary/aromatic N) is 2. The molecule has 1 aliphatic rings. The van der Waals surface area contributed by atoms with Crippen molar-refractivity contribution in [2.45, 2.75) is 19.4 Å². The maximum atomic E-state index is 13.4. The van der Waals surface area contributed by atoms with Gasteiger partial charge in [0.05, 0.1) is 0 Å². The number of carbonyl (C=O) groups excluding carboxylic acids is 2. The van der Waals surface area contributed by atoms with Gasteiger partial charge < -0.3 is 14.6 Å². The van der Waals surface area contributed by atoms with Crippen molar-refractivity contribution in [2.24, 2.45) is 0 Å². The van der Waals surface area contributed by atoms with Crippen molar-refractivity contribution >= 4 is 22.9 Å². The highest BCUT2D eigenvalue weighted by Gasteiger charge is 2.26. The lowest BCUT2D eigenvalue weighted by atomic mass is 10.1. The van der Waals surface area contributed by atoms with Crippen LogP contribution in [0.4, 0.5) is 4.39 Å². The molecule has 1 atom stereocenters. The van der Waals surface area contributed by atoms with Gasteiger partial charge in [0.1, 0.15) is 11.3 Å². The summed E-state index contributed by atoms with van der Waals surface area (Å²) in [5.41, 5.74) is 2.05. The summed E-state index contributed by atoms with van der Waals surface area (Å²) in [7, 11) is 0. The zero-order valence-corrected chi connectivity index (χ0v) is 14.7. The summed E-state index contributed by atoms with van der Waals surface area (Å²) < 4.78 is 19.1. The Balaban J connectivity index is 1.65. The van der Waals surface area contributed by atoms with E-state index in [-0.39, 0.29) is 30.1 Å². The zero-order valence-electron chi connectivity index (χ0n) is 14.7. The van der Waals surface area contributed by atoms with Crippen LogP contribution < -0.4 is 5.32 Å². The van der Waals surface area contributed by atoms with Crippen LogP contribution in [0.3, 0.4) is 0 Å². The van der Waals surface area contributed by atoms with Gasteiger partial charge in [-0.2, -0.15) is 0 Å². The number of halogens is 1. The lowest BCUT2D eigenvalue weighted by molar-refractivity contribution is -0.120. The summed E-state index contributed by atoms with van der Waals surface area (Å²) in [5.74, 6) is -0.281. The van der Waals surface area contributed by atoms with Crippen molar-refractivity contribution in [1.29, 1.82) is 0 Å². The van der Waals surface area contributed by atoms with Gasteiger partial charge >= 0.3 is 0 Å². The molecule has 3 aromatic rings. The molecule has 1 aromatic heterocycles. The molecule has 4 rings (SSSR count). The second-order valence-electron chi connectivity index (χ2n) is 6.61. The molecular formula is C20H18FN3O3. The van der Waals surface area contributed by atoms with Crippen molar-refractivity contribution < 1.29 is 18.4 Å². The molecule has 0 radical (unpaired) electrons. The molecule has 1 fully saturated rings. The Hall–Kier alpha value is -3.22. The van der Waals surface area contributed by atoms with Gasteiger partial charge in [-0.15, -0.1) is 0 Å². The number of benzene rings is 2. The molecule has 0 spiro atoms. The van der Waals surface area contributed by atoms with E-state index in [0.717, 1.165) is 0 Å². The second kappa shape index (κ2) is 6.83. The van der Waals surface area contributed by atoms with Crippen molar-refractivity contribution in [1.82, 2.24) is 15.2 Å². The standard InChI is InChI=1S/C20H18FN3O3/c1-12-11-22-18(25)7-8-24(12)20(26)14-5-6-17-16(10-14)23-19(27-17)13-3-2-4-15(21)9-13/h2-6,9-10,12H,7-8,11H2,1H3,(H,22,25). The summed E-state index contributed by atoms with van der Waals surface area (Å²) in [4.78, 5) is 30.6. The number of hydrogen-bond donors (Lipinski definition) is 1. The monoisotopic (exact) mass is 367 g/mol. The highest BCUT2D eigenvalue weighted by atomic mass is 19.1. The third-order valence-electron chi connectivity index (χ3n) is 4.67. The van der Waals surface area contributed by atoms with Crippen molar-refractivity contribution in [3.05, 3.63) is 53.8 Å². The summed E-state index contributed by atoms with van der Waals surface area (Å²) in [6.45, 7) is 2.71. The smallest absolute Gasteiger partial charge is 0.254 e. The van der Waals surface area contributed by atoms with E-state index >= 15 is 0 Å². The van der Waals surface area contributed by atoms with Crippen LogP contribution >= 0.6 is 0 Å². The van der Waals surface area contributed by atoms with Gasteiger partial charge in [0.15, 0.2) is 5.58 Å². The number of rotatable bonds is 2. The van der Waals surface area contributed by atoms with Crippen molar-refractivity contribution in [3.8, 4) is 11.5 Å². The molecule has 0 saturated carbocycles. The predicted molar refractivity (Wildman–Crippen MR) is 97.5 cm³/mol. The van der Waals surface area contributed by atoms with E-state index in [1.54, 1.807) is 35.2 Å². The summed E-state index contributed by atoms with van der Waals surface area (Å²) in [6.07, 6.45) is 0.284. The number of aromatic nitrogens is 1. The Labute approximate surface area is 155 Å². The van der Waals surface area contributed by atoms with E-state index < -0.39 is 0 Å². The first kappa shape index (κ1) is 17.2. The van der Waals surface area contributed by atoms with Crippen LogP contribution in [-0.2, 0) is 4.79 Å². The minimum atomic E-state index is -0.371. The topological polar surface area (TPSA) is 75.4 Å². The normalized spacial score (nSPS) is 17.6. The highest BCUT2D eigenvalue weighted by Crippen LogP contribution is 2.26. The van der Waals surface area contributed by atoms with Gasteiger partial charge in [-0.05, 0) is 43.3 Å². The van der Waals surface area contributed by atoms with Crippen LogP contribution in [0.2, 0.25) is 0 Å². The van der Waals surface area contributed by atoms with E-state index in [1.165, 1.54) is 12.1 Å². The number of oxazole rings is 1. The molecule has 2 aromatic carbocycles. The summed E-state index contributed by atoms with van der Waals surface area (Å²) in [5, 5.41) is 2.80. The quantitative estimate of drug-likeness (QED) is 0.756. The molecule has 2 amide bonds. The molecule has 0 aliphatic carbocycles. The molecule has 0 bridgehead atoms. The minimum Gasteiger partial charge on any atom is -0.436 e. The second-order valence-corrected chi connectivity index (χ2v) is 6.61. The summed E-state index contributed by atoms with van der Waals surface area (Å²) >= 11 is 0.